The summed E-state index contributed by atoms with van der Waals surface area (Å²) in [4.78, 5) is 11.6. The molecular weight excluding hydrogens is 278 g/mol. The van der Waals surface area contributed by atoms with Gasteiger partial charge in [0, 0.05) is 6.54 Å². The zero-order valence-corrected chi connectivity index (χ0v) is 12.5. The lowest BCUT2D eigenvalue weighted by Gasteiger charge is -2.30. The normalized spacial score (nSPS) is 15.8. The van der Waals surface area contributed by atoms with E-state index in [4.69, 9.17) is 5.73 Å². The fourth-order valence-electron chi connectivity index (χ4n) is 2.24. The van der Waals surface area contributed by atoms with E-state index in [2.05, 4.69) is 5.32 Å². The number of hydrogen-bond acceptors (Lipinski definition) is 3. The minimum Gasteiger partial charge on any atom is -0.387 e. The van der Waals surface area contributed by atoms with Crippen molar-refractivity contribution in [3.63, 3.8) is 0 Å². The van der Waals surface area contributed by atoms with E-state index in [0.717, 1.165) is 12.1 Å². The van der Waals surface area contributed by atoms with Crippen LogP contribution in [0.5, 0.6) is 0 Å². The molecular formula is C15H22F2N2O2. The lowest BCUT2D eigenvalue weighted by Crippen LogP contribution is -2.54. The van der Waals surface area contributed by atoms with Crippen molar-refractivity contribution in [3.05, 3.63) is 35.4 Å². The summed E-state index contributed by atoms with van der Waals surface area (Å²) in [6.45, 7) is 5.58. The first-order valence-electron chi connectivity index (χ1n) is 6.83. The molecule has 118 valence electrons. The average Bonchev–Trinajstić information content (AvgIpc) is 2.38. The fraction of sp³-hybridized carbons (Fsp3) is 0.533. The molecule has 0 saturated heterocycles. The summed E-state index contributed by atoms with van der Waals surface area (Å²) in [6.07, 6.45) is -0.557. The van der Waals surface area contributed by atoms with E-state index in [1.165, 1.54) is 6.07 Å². The molecule has 1 aromatic rings. The van der Waals surface area contributed by atoms with Crippen molar-refractivity contribution in [2.24, 2.45) is 11.7 Å². The van der Waals surface area contributed by atoms with Crippen LogP contribution in [0.25, 0.3) is 0 Å². The van der Waals surface area contributed by atoms with E-state index in [1.807, 2.05) is 13.8 Å². The Hall–Kier alpha value is -1.53. The second kappa shape index (κ2) is 6.95. The molecule has 0 aliphatic carbocycles. The number of β-amino-alcohol motifs (C(OH)–C–C–N with tert-alkyl or cyclic N) is 1. The van der Waals surface area contributed by atoms with Gasteiger partial charge >= 0.3 is 0 Å². The Bertz CT molecular complexity index is 508. The van der Waals surface area contributed by atoms with Crippen LogP contribution in [0.15, 0.2) is 18.2 Å². The number of rotatable bonds is 7. The molecule has 6 heteroatoms. The summed E-state index contributed by atoms with van der Waals surface area (Å²) in [5, 5.41) is 12.9. The molecule has 0 heterocycles. The molecule has 4 N–H and O–H groups in total. The maximum absolute atomic E-state index is 13.1. The Morgan fingerprint density at radius 2 is 2.00 bits per heavy atom. The molecule has 0 saturated carbocycles. The standard InChI is InChI=1S/C15H22F2N2O2/c1-9(2)7-15(3,14(18)21)19-8-13(20)10-4-5-11(16)12(17)6-10/h4-6,9,13,19-20H,7-8H2,1-3H3,(H2,18,21). The Labute approximate surface area is 123 Å². The van der Waals surface area contributed by atoms with Gasteiger partial charge in [0.05, 0.1) is 11.6 Å². The number of carbonyl (C=O) groups excluding carboxylic acids is 1. The van der Waals surface area contributed by atoms with Crippen LogP contribution in [0.1, 0.15) is 38.9 Å². The number of nitrogens with one attached hydrogen (secondary N) is 1. The molecule has 0 aliphatic heterocycles. The Balaban J connectivity index is 2.75. The zero-order chi connectivity index (χ0) is 16.2. The van der Waals surface area contributed by atoms with Gasteiger partial charge < -0.3 is 16.2 Å². The van der Waals surface area contributed by atoms with Crippen molar-refractivity contribution in [2.75, 3.05) is 6.54 Å². The van der Waals surface area contributed by atoms with E-state index < -0.39 is 29.2 Å². The SMILES string of the molecule is CC(C)CC(C)(NCC(O)c1ccc(F)c(F)c1)C(N)=O. The van der Waals surface area contributed by atoms with Crippen LogP contribution in [0.4, 0.5) is 8.78 Å². The third kappa shape index (κ3) is 4.75. The molecule has 1 rings (SSSR count). The van der Waals surface area contributed by atoms with E-state index in [9.17, 15) is 18.7 Å². The first-order chi connectivity index (χ1) is 9.65. The van der Waals surface area contributed by atoms with Gasteiger partial charge in [-0.15, -0.1) is 0 Å². The van der Waals surface area contributed by atoms with Gasteiger partial charge in [0.15, 0.2) is 11.6 Å². The van der Waals surface area contributed by atoms with Gasteiger partial charge in [-0.1, -0.05) is 19.9 Å². The van der Waals surface area contributed by atoms with Gasteiger partial charge in [-0.2, -0.15) is 0 Å². The van der Waals surface area contributed by atoms with Gasteiger partial charge in [0.1, 0.15) is 0 Å². The first kappa shape index (κ1) is 17.5. The maximum atomic E-state index is 13.1. The number of nitrogens with two attached hydrogens (primary N) is 1. The highest BCUT2D eigenvalue weighted by molar-refractivity contribution is 5.84. The molecule has 0 radical (unpaired) electrons. The molecule has 2 unspecified atom stereocenters. The fourth-order valence-corrected chi connectivity index (χ4v) is 2.24. The Morgan fingerprint density at radius 1 is 1.38 bits per heavy atom. The quantitative estimate of drug-likeness (QED) is 0.719. The number of aliphatic hydroxyl groups excluding tert-OH is 1. The number of halogens is 2. The van der Waals surface area contributed by atoms with Gasteiger partial charge in [-0.05, 0) is 37.0 Å². The van der Waals surface area contributed by atoms with Crippen LogP contribution < -0.4 is 11.1 Å². The predicted octanol–water partition coefficient (Wildman–Crippen LogP) is 1.88. The smallest absolute Gasteiger partial charge is 0.237 e. The topological polar surface area (TPSA) is 75.3 Å². The van der Waals surface area contributed by atoms with E-state index in [-0.39, 0.29) is 18.0 Å². The van der Waals surface area contributed by atoms with Crippen LogP contribution in [0, 0.1) is 17.6 Å². The van der Waals surface area contributed by atoms with Gasteiger partial charge in [0.2, 0.25) is 5.91 Å². The van der Waals surface area contributed by atoms with Crippen molar-refractivity contribution in [1.29, 1.82) is 0 Å². The summed E-state index contributed by atoms with van der Waals surface area (Å²) >= 11 is 0. The van der Waals surface area contributed by atoms with Gasteiger partial charge in [-0.3, -0.25) is 4.79 Å². The van der Waals surface area contributed by atoms with E-state index >= 15 is 0 Å². The summed E-state index contributed by atoms with van der Waals surface area (Å²) in [7, 11) is 0. The lowest BCUT2D eigenvalue weighted by molar-refractivity contribution is -0.124. The van der Waals surface area contributed by atoms with Crippen molar-refractivity contribution in [2.45, 2.75) is 38.8 Å². The van der Waals surface area contributed by atoms with Crippen molar-refractivity contribution in [1.82, 2.24) is 5.32 Å². The molecule has 2 atom stereocenters. The van der Waals surface area contributed by atoms with Gasteiger partial charge in [0.25, 0.3) is 0 Å². The zero-order valence-electron chi connectivity index (χ0n) is 12.5. The molecule has 4 nitrogen and oxygen atoms in total. The number of aliphatic hydroxyl groups is 1. The second-order valence-electron chi connectivity index (χ2n) is 5.86. The lowest BCUT2D eigenvalue weighted by atomic mass is 9.89. The molecule has 0 aliphatic rings. The van der Waals surface area contributed by atoms with Crippen molar-refractivity contribution in [3.8, 4) is 0 Å². The molecule has 0 spiro atoms. The number of carbonyl (C=O) groups is 1. The monoisotopic (exact) mass is 300 g/mol. The minimum atomic E-state index is -1.06. The maximum Gasteiger partial charge on any atom is 0.237 e. The number of amides is 1. The molecule has 1 amide bonds. The highest BCUT2D eigenvalue weighted by atomic mass is 19.2. The third-order valence-electron chi connectivity index (χ3n) is 3.37. The van der Waals surface area contributed by atoms with Gasteiger partial charge in [-0.25, -0.2) is 8.78 Å². The Kier molecular flexibility index (Phi) is 5.80. The molecule has 0 bridgehead atoms. The number of benzene rings is 1. The van der Waals surface area contributed by atoms with E-state index in [0.29, 0.717) is 6.42 Å². The molecule has 1 aromatic carbocycles. The Morgan fingerprint density at radius 3 is 2.48 bits per heavy atom. The third-order valence-corrected chi connectivity index (χ3v) is 3.37. The van der Waals surface area contributed by atoms with Crippen LogP contribution >= 0.6 is 0 Å². The second-order valence-corrected chi connectivity index (χ2v) is 5.86. The summed E-state index contributed by atoms with van der Waals surface area (Å²) in [5.41, 5.74) is 4.66. The van der Waals surface area contributed by atoms with Crippen LogP contribution in [-0.4, -0.2) is 23.1 Å². The van der Waals surface area contributed by atoms with Crippen LogP contribution in [0.3, 0.4) is 0 Å². The summed E-state index contributed by atoms with van der Waals surface area (Å²) < 4.78 is 26.0. The van der Waals surface area contributed by atoms with E-state index in [1.54, 1.807) is 6.92 Å². The number of primary amides is 1. The predicted molar refractivity (Wildman–Crippen MR) is 76.4 cm³/mol. The van der Waals surface area contributed by atoms with Crippen LogP contribution in [0.2, 0.25) is 0 Å². The van der Waals surface area contributed by atoms with Crippen LogP contribution in [-0.2, 0) is 4.79 Å². The van der Waals surface area contributed by atoms with Crippen molar-refractivity contribution >= 4 is 5.91 Å². The molecule has 21 heavy (non-hydrogen) atoms. The summed E-state index contributed by atoms with van der Waals surface area (Å²) in [5.74, 6) is -2.28. The summed E-state index contributed by atoms with van der Waals surface area (Å²) in [6, 6.07) is 3.19. The minimum absolute atomic E-state index is 0.0111. The first-order valence-corrected chi connectivity index (χ1v) is 6.83. The largest absolute Gasteiger partial charge is 0.387 e. The molecule has 0 aromatic heterocycles. The average molecular weight is 300 g/mol. The molecule has 0 fully saturated rings. The highest BCUT2D eigenvalue weighted by Gasteiger charge is 2.32. The number of hydrogen-bond donors (Lipinski definition) is 3. The van der Waals surface area contributed by atoms with Crippen molar-refractivity contribution < 1.29 is 18.7 Å². The highest BCUT2D eigenvalue weighted by Crippen LogP contribution is 2.19.